The summed E-state index contributed by atoms with van der Waals surface area (Å²) in [7, 11) is 0. The third-order valence-electron chi connectivity index (χ3n) is 12.9. The Morgan fingerprint density at radius 3 is 0.800 bits per heavy atom. The fourth-order valence-electron chi connectivity index (χ4n) is 8.19. The maximum atomic E-state index is 12.9. The van der Waals surface area contributed by atoms with E-state index >= 15 is 0 Å². The van der Waals surface area contributed by atoms with E-state index in [1.54, 1.807) is 0 Å². The van der Waals surface area contributed by atoms with Crippen LogP contribution in [0, 0.1) is 0 Å². The number of carbonyl (C=O) groups excluding carboxylic acids is 3. The summed E-state index contributed by atoms with van der Waals surface area (Å²) in [4.78, 5) is 38.2. The van der Waals surface area contributed by atoms with Crippen LogP contribution in [0.25, 0.3) is 0 Å². The third-order valence-corrected chi connectivity index (χ3v) is 12.9. The van der Waals surface area contributed by atoms with E-state index in [1.807, 2.05) is 0 Å². The fraction of sp³-hybridized carbons (Fsp3) is 0.581. The van der Waals surface area contributed by atoms with Gasteiger partial charge in [-0.1, -0.05) is 262 Å². The summed E-state index contributed by atoms with van der Waals surface area (Å²) in [6.07, 6.45) is 98.0. The molecule has 0 saturated heterocycles. The van der Waals surface area contributed by atoms with Crippen LogP contribution in [0.2, 0.25) is 0 Å². The molecular weight excluding hydrogens is 985 g/mol. The molecule has 0 saturated carbocycles. The van der Waals surface area contributed by atoms with Gasteiger partial charge < -0.3 is 14.2 Å². The number of allylic oxidation sites excluding steroid dienone is 28. The first-order chi connectivity index (χ1) is 39.5. The number of hydrogen-bond acceptors (Lipinski definition) is 6. The molecule has 0 N–H and O–H groups in total. The van der Waals surface area contributed by atoms with Crippen molar-refractivity contribution in [2.45, 2.75) is 264 Å². The van der Waals surface area contributed by atoms with E-state index < -0.39 is 6.10 Å². The normalized spacial score (nSPS) is 13.3. The number of unbranched alkanes of at least 4 members (excludes halogenated alkanes) is 17. The topological polar surface area (TPSA) is 78.9 Å². The Bertz CT molecular complexity index is 1840. The molecule has 1 unspecified atom stereocenters. The maximum Gasteiger partial charge on any atom is 0.306 e. The van der Waals surface area contributed by atoms with Crippen LogP contribution in [0.1, 0.15) is 258 Å². The summed E-state index contributed by atoms with van der Waals surface area (Å²) in [5, 5.41) is 0. The first kappa shape index (κ1) is 74.8. The zero-order valence-corrected chi connectivity index (χ0v) is 51.3. The minimum Gasteiger partial charge on any atom is -0.462 e. The van der Waals surface area contributed by atoms with Crippen LogP contribution < -0.4 is 0 Å². The van der Waals surface area contributed by atoms with Gasteiger partial charge in [-0.2, -0.15) is 0 Å². The van der Waals surface area contributed by atoms with E-state index in [2.05, 4.69) is 191 Å². The summed E-state index contributed by atoms with van der Waals surface area (Å²) in [6.45, 7) is 6.29. The molecule has 0 amide bonds. The highest BCUT2D eigenvalue weighted by molar-refractivity contribution is 5.71. The number of hydrogen-bond donors (Lipinski definition) is 0. The highest BCUT2D eigenvalue weighted by Crippen LogP contribution is 2.14. The number of ether oxygens (including phenoxy) is 3. The predicted molar refractivity (Wildman–Crippen MR) is 348 cm³/mol. The lowest BCUT2D eigenvalue weighted by Crippen LogP contribution is -2.30. The summed E-state index contributed by atoms with van der Waals surface area (Å²) < 4.78 is 16.8. The predicted octanol–water partition coefficient (Wildman–Crippen LogP) is 22.3. The monoisotopic (exact) mass is 1100 g/mol. The first-order valence-corrected chi connectivity index (χ1v) is 32.1. The van der Waals surface area contributed by atoms with Crippen LogP contribution >= 0.6 is 0 Å². The molecule has 0 aliphatic carbocycles. The Balaban J connectivity index is 4.34. The molecule has 0 rings (SSSR count). The Hall–Kier alpha value is -5.23. The van der Waals surface area contributed by atoms with Gasteiger partial charge in [-0.25, -0.2) is 0 Å². The molecule has 448 valence electrons. The van der Waals surface area contributed by atoms with Crippen molar-refractivity contribution in [3.63, 3.8) is 0 Å². The Kier molecular flexibility index (Phi) is 61.9. The minimum absolute atomic E-state index is 0.109. The molecule has 0 aromatic heterocycles. The van der Waals surface area contributed by atoms with Gasteiger partial charge >= 0.3 is 17.9 Å². The Morgan fingerprint density at radius 2 is 0.487 bits per heavy atom. The minimum atomic E-state index is -0.816. The number of esters is 3. The lowest BCUT2D eigenvalue weighted by Gasteiger charge is -2.18. The van der Waals surface area contributed by atoms with Gasteiger partial charge in [-0.3, -0.25) is 14.4 Å². The van der Waals surface area contributed by atoms with Crippen LogP contribution in [-0.2, 0) is 28.6 Å². The van der Waals surface area contributed by atoms with E-state index in [0.717, 1.165) is 161 Å². The molecule has 0 aromatic rings. The summed E-state index contributed by atoms with van der Waals surface area (Å²) in [5.74, 6) is -0.975. The van der Waals surface area contributed by atoms with E-state index in [1.165, 1.54) is 51.4 Å². The van der Waals surface area contributed by atoms with Gasteiger partial charge in [0.15, 0.2) is 6.10 Å². The van der Waals surface area contributed by atoms with E-state index in [0.29, 0.717) is 19.3 Å². The molecule has 6 heteroatoms. The van der Waals surface area contributed by atoms with Crippen LogP contribution in [0.5, 0.6) is 0 Å². The molecule has 1 atom stereocenters. The highest BCUT2D eigenvalue weighted by atomic mass is 16.6. The zero-order valence-electron chi connectivity index (χ0n) is 51.3. The average Bonchev–Trinajstić information content (AvgIpc) is 3.46. The van der Waals surface area contributed by atoms with Crippen molar-refractivity contribution >= 4 is 17.9 Å². The number of rotatable bonds is 56. The Morgan fingerprint density at radius 1 is 0.263 bits per heavy atom. The molecule has 0 radical (unpaired) electrons. The molecular formula is C74H116O6. The van der Waals surface area contributed by atoms with Gasteiger partial charge in [0.2, 0.25) is 0 Å². The quantitative estimate of drug-likeness (QED) is 0.0261. The van der Waals surface area contributed by atoms with Crippen LogP contribution in [0.15, 0.2) is 170 Å². The molecule has 0 aromatic carbocycles. The van der Waals surface area contributed by atoms with Crippen molar-refractivity contribution < 1.29 is 28.6 Å². The van der Waals surface area contributed by atoms with Crippen molar-refractivity contribution in [1.82, 2.24) is 0 Å². The van der Waals surface area contributed by atoms with Crippen molar-refractivity contribution in [2.24, 2.45) is 0 Å². The van der Waals surface area contributed by atoms with Crippen molar-refractivity contribution in [3.8, 4) is 0 Å². The van der Waals surface area contributed by atoms with Crippen molar-refractivity contribution in [2.75, 3.05) is 13.2 Å². The zero-order chi connectivity index (χ0) is 57.8. The second kappa shape index (κ2) is 66.3. The molecule has 0 aliphatic heterocycles. The van der Waals surface area contributed by atoms with Gasteiger partial charge in [-0.15, -0.1) is 0 Å². The third kappa shape index (κ3) is 63.6. The van der Waals surface area contributed by atoms with Gasteiger partial charge in [0.1, 0.15) is 13.2 Å². The second-order valence-electron chi connectivity index (χ2n) is 20.5. The van der Waals surface area contributed by atoms with Crippen LogP contribution in [-0.4, -0.2) is 37.2 Å². The smallest absolute Gasteiger partial charge is 0.306 e. The largest absolute Gasteiger partial charge is 0.462 e. The SMILES string of the molecule is CC/C=C\C/C=C\C/C=C\C/C=C\C/C=C\C/C=C\C/C=C\CCCCCCCCCCCC(=O)OCC(COC(=O)CCCCCCC/C=C\CCC)OC(=O)CCCC/C=C\C/C=C\C/C=C\C/C=C\C/C=C\C/C=C\CC. The molecule has 80 heavy (non-hydrogen) atoms. The molecule has 0 spiro atoms. The standard InChI is InChI=1S/C74H116O6/c1-4-7-10-13-16-19-22-24-26-28-30-32-33-34-35-36-37-38-39-40-41-43-44-46-48-50-52-55-58-61-64-67-73(76)79-70-71(69-78-72(75)66-63-60-57-54-21-18-15-12-9-6-3)80-74(77)68-65-62-59-56-53-51-49-47-45-42-31-29-27-25-23-20-17-14-11-8-5-2/h7-8,10-12,15-17,19-20,24-27,30-32,34-35,37-38,40-42,47,49,53,56,71H,4-6,9,13-14,18,21-23,28-29,33,36,39,43-46,48,50-52,54-55,57-70H2,1-3H3/b10-7-,11-8-,15-12-,19-16-,20-17-,26-24-,27-25-,32-30-,35-34-,38-37-,41-40-,42-31-,49-47-,56-53-. The molecule has 0 heterocycles. The average molecular weight is 1100 g/mol. The first-order valence-electron chi connectivity index (χ1n) is 32.1. The van der Waals surface area contributed by atoms with Gasteiger partial charge in [0, 0.05) is 19.3 Å². The Labute approximate surface area is 492 Å². The molecule has 0 aliphatic rings. The number of carbonyl (C=O) groups is 3. The highest BCUT2D eigenvalue weighted by Gasteiger charge is 2.19. The van der Waals surface area contributed by atoms with E-state index in [-0.39, 0.29) is 37.5 Å². The van der Waals surface area contributed by atoms with Crippen molar-refractivity contribution in [3.05, 3.63) is 170 Å². The lowest BCUT2D eigenvalue weighted by molar-refractivity contribution is -0.167. The summed E-state index contributed by atoms with van der Waals surface area (Å²) in [6, 6.07) is 0. The van der Waals surface area contributed by atoms with E-state index in [4.69, 9.17) is 14.2 Å². The van der Waals surface area contributed by atoms with Crippen molar-refractivity contribution in [1.29, 1.82) is 0 Å². The fourth-order valence-corrected chi connectivity index (χ4v) is 8.19. The van der Waals surface area contributed by atoms with Gasteiger partial charge in [-0.05, 0) is 148 Å². The van der Waals surface area contributed by atoms with Gasteiger partial charge in [0.05, 0.1) is 0 Å². The second-order valence-corrected chi connectivity index (χ2v) is 20.5. The summed E-state index contributed by atoms with van der Waals surface area (Å²) >= 11 is 0. The van der Waals surface area contributed by atoms with E-state index in [9.17, 15) is 14.4 Å². The van der Waals surface area contributed by atoms with Crippen LogP contribution in [0.4, 0.5) is 0 Å². The maximum absolute atomic E-state index is 12.9. The lowest BCUT2D eigenvalue weighted by atomic mass is 10.1. The van der Waals surface area contributed by atoms with Crippen LogP contribution in [0.3, 0.4) is 0 Å². The van der Waals surface area contributed by atoms with Gasteiger partial charge in [0.25, 0.3) is 0 Å². The molecule has 0 bridgehead atoms. The molecule has 6 nitrogen and oxygen atoms in total. The summed E-state index contributed by atoms with van der Waals surface area (Å²) in [5.41, 5.74) is 0. The molecule has 0 fully saturated rings.